The highest BCUT2D eigenvalue weighted by molar-refractivity contribution is 6.30. The molecule has 0 bridgehead atoms. The van der Waals surface area contributed by atoms with Crippen molar-refractivity contribution in [2.75, 3.05) is 25.5 Å². The Morgan fingerprint density at radius 3 is 2.32 bits per heavy atom. The van der Waals surface area contributed by atoms with Gasteiger partial charge in [0.15, 0.2) is 0 Å². The number of anilines is 1. The van der Waals surface area contributed by atoms with E-state index >= 15 is 0 Å². The van der Waals surface area contributed by atoms with Gasteiger partial charge in [0.05, 0.1) is 0 Å². The van der Waals surface area contributed by atoms with E-state index in [0.29, 0.717) is 47.8 Å². The first-order valence-corrected chi connectivity index (χ1v) is 9.53. The number of hydrogen-bond acceptors (Lipinski definition) is 3. The summed E-state index contributed by atoms with van der Waals surface area (Å²) in [6.45, 7) is 1.08. The first kappa shape index (κ1) is 19.9. The Morgan fingerprint density at radius 1 is 1.00 bits per heavy atom. The van der Waals surface area contributed by atoms with Crippen LogP contribution in [0.1, 0.15) is 33.6 Å². The number of likely N-dealkylation sites (tertiary alicyclic amines) is 1. The number of piperidine rings is 1. The fourth-order valence-corrected chi connectivity index (χ4v) is 3.39. The number of carbonyl (C=O) groups is 3. The zero-order chi connectivity index (χ0) is 20.1. The van der Waals surface area contributed by atoms with Crippen molar-refractivity contribution in [1.29, 1.82) is 0 Å². The number of nitrogens with one attached hydrogen (secondary N) is 2. The quantitative estimate of drug-likeness (QED) is 0.828. The summed E-state index contributed by atoms with van der Waals surface area (Å²) in [6.07, 6.45) is 1.30. The third-order valence-electron chi connectivity index (χ3n) is 4.87. The first-order chi connectivity index (χ1) is 13.5. The fraction of sp³-hybridized carbons (Fsp3) is 0.286. The molecule has 1 heterocycles. The van der Waals surface area contributed by atoms with Gasteiger partial charge in [-0.2, -0.15) is 0 Å². The Labute approximate surface area is 168 Å². The molecule has 0 aromatic heterocycles. The van der Waals surface area contributed by atoms with Crippen LogP contribution in [0.2, 0.25) is 5.02 Å². The second-order valence-corrected chi connectivity index (χ2v) is 7.16. The monoisotopic (exact) mass is 399 g/mol. The third kappa shape index (κ3) is 4.70. The van der Waals surface area contributed by atoms with E-state index in [-0.39, 0.29) is 23.6 Å². The molecule has 28 heavy (non-hydrogen) atoms. The lowest BCUT2D eigenvalue weighted by molar-refractivity contribution is -0.125. The predicted molar refractivity (Wildman–Crippen MR) is 109 cm³/mol. The minimum atomic E-state index is -0.271. The molecule has 1 aliphatic heterocycles. The maximum absolute atomic E-state index is 12.8. The third-order valence-corrected chi connectivity index (χ3v) is 5.13. The van der Waals surface area contributed by atoms with Crippen molar-refractivity contribution >= 4 is 35.0 Å². The van der Waals surface area contributed by atoms with Gasteiger partial charge in [0, 0.05) is 47.9 Å². The maximum Gasteiger partial charge on any atom is 0.255 e. The molecule has 6 nitrogen and oxygen atoms in total. The van der Waals surface area contributed by atoms with E-state index in [4.69, 9.17) is 11.6 Å². The molecule has 2 aromatic rings. The van der Waals surface area contributed by atoms with Crippen LogP contribution in [-0.2, 0) is 4.79 Å². The molecule has 1 fully saturated rings. The lowest BCUT2D eigenvalue weighted by Gasteiger charge is -2.31. The van der Waals surface area contributed by atoms with E-state index in [0.717, 1.165) is 0 Å². The highest BCUT2D eigenvalue weighted by Gasteiger charge is 2.27. The number of hydrogen-bond donors (Lipinski definition) is 2. The minimum absolute atomic E-state index is 0.0269. The molecule has 3 amide bonds. The summed E-state index contributed by atoms with van der Waals surface area (Å²) < 4.78 is 0. The Morgan fingerprint density at radius 2 is 1.68 bits per heavy atom. The molecule has 146 valence electrons. The predicted octanol–water partition coefficient (Wildman–Crippen LogP) is 3.19. The molecule has 0 aliphatic carbocycles. The molecule has 0 saturated carbocycles. The average molecular weight is 400 g/mol. The SMILES string of the molecule is CNC(=O)C1CCN(C(=O)c2cccc(NC(=O)c3ccc(Cl)cc3)c2)CC1. The van der Waals surface area contributed by atoms with Crippen LogP contribution in [0.15, 0.2) is 48.5 Å². The van der Waals surface area contributed by atoms with E-state index in [1.54, 1.807) is 60.5 Å². The van der Waals surface area contributed by atoms with Crippen LogP contribution in [0.25, 0.3) is 0 Å². The Hall–Kier alpha value is -2.86. The van der Waals surface area contributed by atoms with Gasteiger partial charge >= 0.3 is 0 Å². The smallest absolute Gasteiger partial charge is 0.255 e. The molecule has 0 radical (unpaired) electrons. The summed E-state index contributed by atoms with van der Waals surface area (Å²) in [5.41, 5.74) is 1.54. The molecule has 7 heteroatoms. The van der Waals surface area contributed by atoms with Gasteiger partial charge in [-0.05, 0) is 55.3 Å². The second kappa shape index (κ2) is 8.89. The highest BCUT2D eigenvalue weighted by atomic mass is 35.5. The first-order valence-electron chi connectivity index (χ1n) is 9.16. The topological polar surface area (TPSA) is 78.5 Å². The van der Waals surface area contributed by atoms with Gasteiger partial charge < -0.3 is 15.5 Å². The van der Waals surface area contributed by atoms with Gasteiger partial charge in [-0.15, -0.1) is 0 Å². The van der Waals surface area contributed by atoms with Crippen LogP contribution in [0.5, 0.6) is 0 Å². The number of carbonyl (C=O) groups excluding carboxylic acids is 3. The van der Waals surface area contributed by atoms with Crippen LogP contribution in [0.3, 0.4) is 0 Å². The number of rotatable bonds is 4. The van der Waals surface area contributed by atoms with E-state index in [1.807, 2.05) is 0 Å². The zero-order valence-corrected chi connectivity index (χ0v) is 16.3. The molecule has 0 atom stereocenters. The zero-order valence-electron chi connectivity index (χ0n) is 15.6. The van der Waals surface area contributed by atoms with Crippen molar-refractivity contribution in [3.05, 3.63) is 64.7 Å². The molecule has 0 spiro atoms. The summed E-state index contributed by atoms with van der Waals surface area (Å²) in [6, 6.07) is 13.5. The molecular weight excluding hydrogens is 378 g/mol. The number of nitrogens with zero attached hydrogens (tertiary/aromatic N) is 1. The molecule has 3 rings (SSSR count). The molecule has 1 aliphatic rings. The van der Waals surface area contributed by atoms with Crippen LogP contribution >= 0.6 is 11.6 Å². The average Bonchev–Trinajstić information content (AvgIpc) is 2.73. The second-order valence-electron chi connectivity index (χ2n) is 6.72. The Kier molecular flexibility index (Phi) is 6.31. The van der Waals surface area contributed by atoms with E-state index in [2.05, 4.69) is 10.6 Å². The number of benzene rings is 2. The summed E-state index contributed by atoms with van der Waals surface area (Å²) >= 11 is 5.84. The van der Waals surface area contributed by atoms with Crippen molar-refractivity contribution in [2.45, 2.75) is 12.8 Å². The van der Waals surface area contributed by atoms with Gasteiger partial charge in [0.1, 0.15) is 0 Å². The minimum Gasteiger partial charge on any atom is -0.359 e. The van der Waals surface area contributed by atoms with Gasteiger partial charge in [0.2, 0.25) is 5.91 Å². The van der Waals surface area contributed by atoms with Gasteiger partial charge in [-0.25, -0.2) is 0 Å². The molecule has 2 N–H and O–H groups in total. The molecule has 2 aromatic carbocycles. The molecule has 1 saturated heterocycles. The standard InChI is InChI=1S/C21H22ClN3O3/c1-23-19(26)15-9-11-25(12-10-15)21(28)16-3-2-4-18(13-16)24-20(27)14-5-7-17(22)8-6-14/h2-8,13,15H,9-12H2,1H3,(H,23,26)(H,24,27). The van der Waals surface area contributed by atoms with Crippen molar-refractivity contribution < 1.29 is 14.4 Å². The molecular formula is C21H22ClN3O3. The molecule has 0 unspecified atom stereocenters. The van der Waals surface area contributed by atoms with Crippen LogP contribution in [0, 0.1) is 5.92 Å². The summed E-state index contributed by atoms with van der Waals surface area (Å²) in [7, 11) is 1.63. The van der Waals surface area contributed by atoms with Crippen molar-refractivity contribution in [2.24, 2.45) is 5.92 Å². The van der Waals surface area contributed by atoms with Gasteiger partial charge in [-0.3, -0.25) is 14.4 Å². The largest absolute Gasteiger partial charge is 0.359 e. The highest BCUT2D eigenvalue weighted by Crippen LogP contribution is 2.21. The normalized spacial score (nSPS) is 14.4. The fourth-order valence-electron chi connectivity index (χ4n) is 3.27. The van der Waals surface area contributed by atoms with Crippen molar-refractivity contribution in [3.8, 4) is 0 Å². The van der Waals surface area contributed by atoms with E-state index < -0.39 is 0 Å². The van der Waals surface area contributed by atoms with Crippen molar-refractivity contribution in [3.63, 3.8) is 0 Å². The summed E-state index contributed by atoms with van der Waals surface area (Å²) in [5, 5.41) is 6.02. The Balaban J connectivity index is 1.64. The Bertz CT molecular complexity index is 875. The lowest BCUT2D eigenvalue weighted by atomic mass is 9.95. The maximum atomic E-state index is 12.8. The van der Waals surface area contributed by atoms with Gasteiger partial charge in [-0.1, -0.05) is 17.7 Å². The lowest BCUT2D eigenvalue weighted by Crippen LogP contribution is -2.42. The van der Waals surface area contributed by atoms with E-state index in [9.17, 15) is 14.4 Å². The number of amides is 3. The summed E-state index contributed by atoms with van der Waals surface area (Å²) in [5.74, 6) is -0.385. The van der Waals surface area contributed by atoms with Crippen molar-refractivity contribution in [1.82, 2.24) is 10.2 Å². The summed E-state index contributed by atoms with van der Waals surface area (Å²) in [4.78, 5) is 38.6. The van der Waals surface area contributed by atoms with E-state index in [1.165, 1.54) is 0 Å². The number of halogens is 1. The van der Waals surface area contributed by atoms with Crippen LogP contribution in [0.4, 0.5) is 5.69 Å². The van der Waals surface area contributed by atoms with Crippen LogP contribution < -0.4 is 10.6 Å². The van der Waals surface area contributed by atoms with Crippen LogP contribution in [-0.4, -0.2) is 42.8 Å². The van der Waals surface area contributed by atoms with Gasteiger partial charge in [0.25, 0.3) is 11.8 Å².